The van der Waals surface area contributed by atoms with Crippen LogP contribution < -0.4 is 10.1 Å². The van der Waals surface area contributed by atoms with Gasteiger partial charge in [-0.05, 0) is 25.7 Å². The molecule has 9 nitrogen and oxygen atoms in total. The fraction of sp³-hybridized carbons (Fsp3) is 0.467. The predicted octanol–water partition coefficient (Wildman–Crippen LogP) is 0.446. The second-order valence-electron chi connectivity index (χ2n) is 5.57. The molecule has 1 amide bonds. The first kappa shape index (κ1) is 15.9. The van der Waals surface area contributed by atoms with E-state index >= 15 is 0 Å². The summed E-state index contributed by atoms with van der Waals surface area (Å²) in [6, 6.07) is 2.10. The van der Waals surface area contributed by atoms with E-state index in [0.717, 1.165) is 25.7 Å². The van der Waals surface area contributed by atoms with Crippen molar-refractivity contribution >= 4 is 5.91 Å². The zero-order valence-corrected chi connectivity index (χ0v) is 13.0. The summed E-state index contributed by atoms with van der Waals surface area (Å²) in [5.74, 6) is 0.198. The van der Waals surface area contributed by atoms with Crippen molar-refractivity contribution in [3.05, 3.63) is 30.7 Å². The molecule has 1 N–H and O–H groups in total. The molecular weight excluding hydrogens is 310 g/mol. The average molecular weight is 327 g/mol. The Hall–Kier alpha value is -3.02. The Labute approximate surface area is 138 Å². The summed E-state index contributed by atoms with van der Waals surface area (Å²) in [6.45, 7) is 0.168. The van der Waals surface area contributed by atoms with Crippen LogP contribution >= 0.6 is 0 Å². The molecule has 0 spiro atoms. The van der Waals surface area contributed by atoms with Gasteiger partial charge in [0, 0.05) is 18.4 Å². The second-order valence-corrected chi connectivity index (χ2v) is 5.57. The highest BCUT2D eigenvalue weighted by molar-refractivity contribution is 5.75. The number of hydrogen-bond donors (Lipinski definition) is 1. The van der Waals surface area contributed by atoms with Crippen LogP contribution in [0.1, 0.15) is 31.4 Å². The number of nitrogens with one attached hydrogen (secondary N) is 1. The van der Waals surface area contributed by atoms with Crippen LogP contribution in [0.3, 0.4) is 0 Å². The summed E-state index contributed by atoms with van der Waals surface area (Å²) in [7, 11) is 0. The Kier molecular flexibility index (Phi) is 4.96. The number of hydrogen-bond acceptors (Lipinski definition) is 7. The normalized spacial score (nSPS) is 20.1. The van der Waals surface area contributed by atoms with E-state index in [1.165, 1.54) is 29.7 Å². The molecule has 2 aromatic rings. The molecule has 0 unspecified atom stereocenters. The van der Waals surface area contributed by atoms with Crippen LogP contribution in [-0.4, -0.2) is 42.8 Å². The van der Waals surface area contributed by atoms with Gasteiger partial charge >= 0.3 is 0 Å². The van der Waals surface area contributed by atoms with Crippen molar-refractivity contribution in [1.82, 2.24) is 30.0 Å². The van der Waals surface area contributed by atoms with Crippen molar-refractivity contribution in [3.63, 3.8) is 0 Å². The minimum Gasteiger partial charge on any atom is -0.472 e. The van der Waals surface area contributed by atoms with Crippen LogP contribution in [0.25, 0.3) is 0 Å². The van der Waals surface area contributed by atoms with Crippen molar-refractivity contribution in [1.29, 1.82) is 5.26 Å². The third kappa shape index (κ3) is 4.04. The lowest BCUT2D eigenvalue weighted by atomic mass is 9.93. The third-order valence-corrected chi connectivity index (χ3v) is 3.86. The maximum absolute atomic E-state index is 11.9. The maximum atomic E-state index is 11.9. The van der Waals surface area contributed by atoms with Crippen molar-refractivity contribution in [2.75, 3.05) is 0 Å². The molecule has 0 saturated heterocycles. The molecule has 0 aromatic carbocycles. The Morgan fingerprint density at radius 2 is 2.12 bits per heavy atom. The Balaban J connectivity index is 1.46. The van der Waals surface area contributed by atoms with Crippen LogP contribution in [0.4, 0.5) is 0 Å². The largest absolute Gasteiger partial charge is 0.472 e. The summed E-state index contributed by atoms with van der Waals surface area (Å²) >= 11 is 0. The molecule has 1 fully saturated rings. The van der Waals surface area contributed by atoms with Crippen LogP contribution in [0.15, 0.2) is 25.0 Å². The van der Waals surface area contributed by atoms with Gasteiger partial charge in [0.2, 0.25) is 11.6 Å². The molecule has 0 radical (unpaired) electrons. The summed E-state index contributed by atoms with van der Waals surface area (Å²) in [6.07, 6.45) is 9.07. The fourth-order valence-electron chi connectivity index (χ4n) is 2.71. The van der Waals surface area contributed by atoms with Crippen molar-refractivity contribution in [2.45, 2.75) is 44.4 Å². The van der Waals surface area contributed by atoms with Crippen molar-refractivity contribution < 1.29 is 9.53 Å². The van der Waals surface area contributed by atoms with Gasteiger partial charge in [-0.3, -0.25) is 4.79 Å². The summed E-state index contributed by atoms with van der Waals surface area (Å²) in [4.78, 5) is 23.8. The number of nitrogens with zero attached hydrogens (tertiary/aromatic N) is 6. The van der Waals surface area contributed by atoms with Gasteiger partial charge in [-0.25, -0.2) is 19.6 Å². The highest BCUT2D eigenvalue weighted by Crippen LogP contribution is 2.23. The van der Waals surface area contributed by atoms with Gasteiger partial charge in [0.25, 0.3) is 5.88 Å². The lowest BCUT2D eigenvalue weighted by molar-refractivity contribution is -0.122. The van der Waals surface area contributed by atoms with E-state index in [2.05, 4.69) is 25.4 Å². The predicted molar refractivity (Wildman–Crippen MR) is 81.6 cm³/mol. The fourth-order valence-corrected chi connectivity index (χ4v) is 2.71. The first-order valence-corrected chi connectivity index (χ1v) is 7.74. The Bertz CT molecular complexity index is 718. The molecule has 9 heteroatoms. The third-order valence-electron chi connectivity index (χ3n) is 3.86. The van der Waals surface area contributed by atoms with Gasteiger partial charge in [-0.2, -0.15) is 10.4 Å². The van der Waals surface area contributed by atoms with Gasteiger partial charge < -0.3 is 10.1 Å². The van der Waals surface area contributed by atoms with E-state index in [-0.39, 0.29) is 36.2 Å². The minimum absolute atomic E-state index is 0.0164. The van der Waals surface area contributed by atoms with E-state index in [4.69, 9.17) is 10.00 Å². The van der Waals surface area contributed by atoms with Crippen LogP contribution in [0, 0.1) is 11.3 Å². The van der Waals surface area contributed by atoms with E-state index < -0.39 is 0 Å². The zero-order chi connectivity index (χ0) is 16.8. The topological polar surface area (TPSA) is 119 Å². The lowest BCUT2D eigenvalue weighted by Gasteiger charge is -2.29. The van der Waals surface area contributed by atoms with Crippen LogP contribution in [-0.2, 0) is 11.3 Å². The molecule has 0 aliphatic heterocycles. The summed E-state index contributed by atoms with van der Waals surface area (Å²) in [5, 5.41) is 15.9. The van der Waals surface area contributed by atoms with Gasteiger partial charge in [0.15, 0.2) is 0 Å². The standard InChI is InChI=1S/C15H17N7O2/c16-7-13-15(19-6-5-18-13)24-12-3-1-11(2-4-12)21-14(23)8-22-10-17-9-20-22/h5-6,9-12H,1-4,8H2,(H,21,23). The highest BCUT2D eigenvalue weighted by Gasteiger charge is 2.24. The summed E-state index contributed by atoms with van der Waals surface area (Å²) < 4.78 is 7.27. The number of amides is 1. The minimum atomic E-state index is -0.0782. The van der Waals surface area contributed by atoms with E-state index in [9.17, 15) is 4.79 Å². The quantitative estimate of drug-likeness (QED) is 0.846. The lowest BCUT2D eigenvalue weighted by Crippen LogP contribution is -2.41. The molecule has 0 bridgehead atoms. The van der Waals surface area contributed by atoms with E-state index in [1.54, 1.807) is 0 Å². The molecular formula is C15H17N7O2. The molecule has 1 aliphatic carbocycles. The molecule has 2 aromatic heterocycles. The molecule has 0 atom stereocenters. The van der Waals surface area contributed by atoms with Gasteiger partial charge in [0.05, 0.1) is 0 Å². The smallest absolute Gasteiger partial charge is 0.251 e. The van der Waals surface area contributed by atoms with E-state index in [1.807, 2.05) is 6.07 Å². The number of aromatic nitrogens is 5. The Morgan fingerprint density at radius 3 is 2.83 bits per heavy atom. The highest BCUT2D eigenvalue weighted by atomic mass is 16.5. The van der Waals surface area contributed by atoms with Crippen molar-refractivity contribution in [3.8, 4) is 11.9 Å². The monoisotopic (exact) mass is 327 g/mol. The SMILES string of the molecule is N#Cc1nccnc1OC1CCC(NC(=O)Cn2cncn2)CC1. The average Bonchev–Trinajstić information content (AvgIpc) is 3.10. The van der Waals surface area contributed by atoms with Gasteiger partial charge in [-0.1, -0.05) is 0 Å². The van der Waals surface area contributed by atoms with Crippen LogP contribution in [0.2, 0.25) is 0 Å². The first-order valence-electron chi connectivity index (χ1n) is 7.74. The van der Waals surface area contributed by atoms with Gasteiger partial charge in [0.1, 0.15) is 31.4 Å². The van der Waals surface area contributed by atoms with Crippen LogP contribution in [0.5, 0.6) is 5.88 Å². The van der Waals surface area contributed by atoms with E-state index in [0.29, 0.717) is 0 Å². The number of carbonyl (C=O) groups is 1. The number of nitriles is 1. The molecule has 3 rings (SSSR count). The number of carbonyl (C=O) groups excluding carboxylic acids is 1. The summed E-state index contributed by atoms with van der Waals surface area (Å²) in [5.41, 5.74) is 0.195. The molecule has 1 saturated carbocycles. The zero-order valence-electron chi connectivity index (χ0n) is 13.0. The van der Waals surface area contributed by atoms with Gasteiger partial charge in [-0.15, -0.1) is 0 Å². The number of ether oxygens (including phenoxy) is 1. The Morgan fingerprint density at radius 1 is 1.33 bits per heavy atom. The second kappa shape index (κ2) is 7.50. The van der Waals surface area contributed by atoms with Crippen molar-refractivity contribution in [2.24, 2.45) is 0 Å². The number of rotatable bonds is 5. The first-order chi connectivity index (χ1) is 11.7. The molecule has 124 valence electrons. The molecule has 2 heterocycles. The molecule has 24 heavy (non-hydrogen) atoms. The molecule has 1 aliphatic rings. The maximum Gasteiger partial charge on any atom is 0.251 e.